The van der Waals surface area contributed by atoms with Gasteiger partial charge in [0.25, 0.3) is 0 Å². The summed E-state index contributed by atoms with van der Waals surface area (Å²) < 4.78 is 1.68. The maximum Gasteiger partial charge on any atom is 0.171 e. The minimum atomic E-state index is -0.358. The fraction of sp³-hybridized carbons (Fsp3) is 0.692. The van der Waals surface area contributed by atoms with Crippen molar-refractivity contribution in [3.63, 3.8) is 0 Å². The van der Waals surface area contributed by atoms with Gasteiger partial charge < -0.3 is 20.6 Å². The normalized spacial score (nSPS) is 19.4. The smallest absolute Gasteiger partial charge is 0.171 e. The van der Waals surface area contributed by atoms with E-state index in [-0.39, 0.29) is 6.10 Å². The molecule has 0 spiro atoms. The third-order valence-electron chi connectivity index (χ3n) is 3.54. The highest BCUT2D eigenvalue weighted by Crippen LogP contribution is 2.26. The lowest BCUT2D eigenvalue weighted by molar-refractivity contribution is 0.153. The predicted molar refractivity (Wildman–Crippen MR) is 77.4 cm³/mol. The van der Waals surface area contributed by atoms with Gasteiger partial charge in [0.15, 0.2) is 5.82 Å². The molecule has 7 nitrogen and oxygen atoms in total. The van der Waals surface area contributed by atoms with E-state index in [2.05, 4.69) is 11.2 Å². The number of rotatable bonds is 4. The van der Waals surface area contributed by atoms with Crippen LogP contribution in [0.4, 0.5) is 11.6 Å². The number of aliphatic hydroxyl groups is 1. The third-order valence-corrected chi connectivity index (χ3v) is 3.54. The van der Waals surface area contributed by atoms with E-state index in [4.69, 9.17) is 5.73 Å². The molecule has 0 amide bonds. The average Bonchev–Trinajstić information content (AvgIpc) is 2.73. The molecule has 20 heavy (non-hydrogen) atoms. The fourth-order valence-corrected chi connectivity index (χ4v) is 2.40. The van der Waals surface area contributed by atoms with Gasteiger partial charge in [0.2, 0.25) is 0 Å². The number of piperidine rings is 1. The van der Waals surface area contributed by atoms with Gasteiger partial charge in [0.1, 0.15) is 17.5 Å². The van der Waals surface area contributed by atoms with Crippen molar-refractivity contribution in [1.29, 1.82) is 5.26 Å². The van der Waals surface area contributed by atoms with Crippen LogP contribution >= 0.6 is 0 Å². The van der Waals surface area contributed by atoms with E-state index in [9.17, 15) is 10.4 Å². The van der Waals surface area contributed by atoms with Gasteiger partial charge in [-0.1, -0.05) is 0 Å². The van der Waals surface area contributed by atoms with Crippen LogP contribution in [0.1, 0.15) is 18.4 Å². The van der Waals surface area contributed by atoms with Gasteiger partial charge in [-0.3, -0.25) is 0 Å². The van der Waals surface area contributed by atoms with Crippen molar-refractivity contribution in [2.24, 2.45) is 0 Å². The summed E-state index contributed by atoms with van der Waals surface area (Å²) in [5.41, 5.74) is 6.43. The zero-order valence-electron chi connectivity index (χ0n) is 12.1. The van der Waals surface area contributed by atoms with Crippen molar-refractivity contribution in [3.8, 4) is 6.07 Å². The molecule has 1 saturated heterocycles. The third kappa shape index (κ3) is 3.03. The second kappa shape index (κ2) is 6.11. The van der Waals surface area contributed by atoms with E-state index in [0.717, 1.165) is 25.9 Å². The van der Waals surface area contributed by atoms with Crippen LogP contribution in [0.15, 0.2) is 0 Å². The molecule has 1 aromatic rings. The molecule has 0 radical (unpaired) electrons. The van der Waals surface area contributed by atoms with Crippen LogP contribution in [0.25, 0.3) is 0 Å². The van der Waals surface area contributed by atoms with Crippen molar-refractivity contribution in [2.75, 3.05) is 44.4 Å². The number of nitrogens with two attached hydrogens (primary N) is 1. The molecule has 0 bridgehead atoms. The highest BCUT2D eigenvalue weighted by Gasteiger charge is 2.25. The minimum absolute atomic E-state index is 0.358. The van der Waals surface area contributed by atoms with Gasteiger partial charge in [-0.15, -0.1) is 0 Å². The molecule has 0 saturated carbocycles. The van der Waals surface area contributed by atoms with Crippen molar-refractivity contribution in [2.45, 2.75) is 25.5 Å². The molecule has 1 aliphatic heterocycles. The number of β-amino-alcohol motifs (C(OH)–C–C–N with tert-alkyl or cyclic N) is 1. The summed E-state index contributed by atoms with van der Waals surface area (Å²) in [4.78, 5) is 3.99. The Morgan fingerprint density at radius 2 is 2.30 bits per heavy atom. The first-order valence-corrected chi connectivity index (χ1v) is 6.87. The summed E-state index contributed by atoms with van der Waals surface area (Å²) in [6, 6.07) is 2.14. The number of aliphatic hydroxyl groups excluding tert-OH is 1. The van der Waals surface area contributed by atoms with Gasteiger partial charge in [-0.25, -0.2) is 4.68 Å². The van der Waals surface area contributed by atoms with Crippen molar-refractivity contribution >= 4 is 11.6 Å². The largest absolute Gasteiger partial charge is 0.391 e. The lowest BCUT2D eigenvalue weighted by Crippen LogP contribution is -2.38. The maximum atomic E-state index is 9.76. The van der Waals surface area contributed by atoms with Crippen molar-refractivity contribution < 1.29 is 5.11 Å². The summed E-state index contributed by atoms with van der Waals surface area (Å²) in [6.07, 6.45) is 1.34. The molecule has 1 unspecified atom stereocenters. The van der Waals surface area contributed by atoms with Crippen molar-refractivity contribution in [3.05, 3.63) is 5.56 Å². The zero-order valence-corrected chi connectivity index (χ0v) is 12.1. The highest BCUT2D eigenvalue weighted by atomic mass is 16.3. The Balaban J connectivity index is 2.24. The maximum absolute atomic E-state index is 9.76. The standard InChI is InChI=1S/C13H22N6O/c1-17(2)6-7-19-12(15)11(8-14)13(16-19)18-5-3-4-10(20)9-18/h10,20H,3-7,9,15H2,1-2H3. The fourth-order valence-electron chi connectivity index (χ4n) is 2.40. The number of hydrogen-bond donors (Lipinski definition) is 2. The van der Waals surface area contributed by atoms with Crippen LogP contribution in [-0.2, 0) is 6.54 Å². The van der Waals surface area contributed by atoms with Gasteiger partial charge in [0.05, 0.1) is 12.6 Å². The molecule has 0 aromatic carbocycles. The average molecular weight is 278 g/mol. The lowest BCUT2D eigenvalue weighted by atomic mass is 10.1. The second-order valence-corrected chi connectivity index (χ2v) is 5.46. The Kier molecular flexibility index (Phi) is 4.47. The monoisotopic (exact) mass is 278 g/mol. The Hall–Kier alpha value is -1.78. The minimum Gasteiger partial charge on any atom is -0.391 e. The number of nitrogen functional groups attached to an aromatic ring is 1. The number of anilines is 2. The van der Waals surface area contributed by atoms with Gasteiger partial charge in [-0.2, -0.15) is 10.4 Å². The van der Waals surface area contributed by atoms with E-state index >= 15 is 0 Å². The summed E-state index contributed by atoms with van der Waals surface area (Å²) in [6.45, 7) is 2.76. The lowest BCUT2D eigenvalue weighted by Gasteiger charge is -2.30. The van der Waals surface area contributed by atoms with E-state index in [1.807, 2.05) is 23.9 Å². The van der Waals surface area contributed by atoms with Crippen LogP contribution in [0, 0.1) is 11.3 Å². The zero-order chi connectivity index (χ0) is 14.7. The summed E-state index contributed by atoms with van der Waals surface area (Å²) in [5.74, 6) is 1.01. The van der Waals surface area contributed by atoms with E-state index in [1.165, 1.54) is 0 Å². The molecule has 1 fully saturated rings. The second-order valence-electron chi connectivity index (χ2n) is 5.46. The quantitative estimate of drug-likeness (QED) is 0.796. The molecule has 1 aromatic heterocycles. The Morgan fingerprint density at radius 1 is 1.55 bits per heavy atom. The summed E-state index contributed by atoms with van der Waals surface area (Å²) in [7, 11) is 3.96. The first kappa shape index (κ1) is 14.6. The number of hydrogen-bond acceptors (Lipinski definition) is 6. The molecular formula is C13H22N6O. The Bertz CT molecular complexity index is 504. The Labute approximate surface area is 119 Å². The molecule has 110 valence electrons. The van der Waals surface area contributed by atoms with Gasteiger partial charge in [-0.05, 0) is 26.9 Å². The summed E-state index contributed by atoms with van der Waals surface area (Å²) in [5, 5.41) is 23.5. The Morgan fingerprint density at radius 3 is 2.90 bits per heavy atom. The number of nitriles is 1. The predicted octanol–water partition coefficient (Wildman–Crippen LogP) is -0.140. The van der Waals surface area contributed by atoms with Crippen LogP contribution in [-0.4, -0.2) is 59.6 Å². The SMILES string of the molecule is CN(C)CCn1nc(N2CCCC(O)C2)c(C#N)c1N. The first-order chi connectivity index (χ1) is 9.52. The molecule has 2 heterocycles. The van der Waals surface area contributed by atoms with E-state index in [1.54, 1.807) is 4.68 Å². The number of aromatic nitrogens is 2. The molecule has 1 atom stereocenters. The molecular weight excluding hydrogens is 256 g/mol. The van der Waals surface area contributed by atoms with Crippen LogP contribution in [0.3, 0.4) is 0 Å². The van der Waals surface area contributed by atoms with Crippen LogP contribution in [0.2, 0.25) is 0 Å². The molecule has 3 N–H and O–H groups in total. The summed E-state index contributed by atoms with van der Waals surface area (Å²) >= 11 is 0. The van der Waals surface area contributed by atoms with Gasteiger partial charge >= 0.3 is 0 Å². The van der Waals surface area contributed by atoms with E-state index in [0.29, 0.717) is 30.3 Å². The van der Waals surface area contributed by atoms with E-state index < -0.39 is 0 Å². The first-order valence-electron chi connectivity index (χ1n) is 6.87. The topological polar surface area (TPSA) is 94.3 Å². The van der Waals surface area contributed by atoms with Crippen LogP contribution < -0.4 is 10.6 Å². The molecule has 1 aliphatic rings. The highest BCUT2D eigenvalue weighted by molar-refractivity contribution is 5.65. The van der Waals surface area contributed by atoms with Crippen molar-refractivity contribution in [1.82, 2.24) is 14.7 Å². The number of nitrogens with zero attached hydrogens (tertiary/aromatic N) is 5. The van der Waals surface area contributed by atoms with Crippen LogP contribution in [0.5, 0.6) is 0 Å². The molecule has 2 rings (SSSR count). The van der Waals surface area contributed by atoms with Gasteiger partial charge in [0, 0.05) is 19.6 Å². The molecule has 7 heteroatoms. The number of likely N-dealkylation sites (N-methyl/N-ethyl adjacent to an activating group) is 1. The molecule has 0 aliphatic carbocycles.